The predicted molar refractivity (Wildman–Crippen MR) is 59.4 cm³/mol. The van der Waals surface area contributed by atoms with E-state index in [9.17, 15) is 0 Å². The van der Waals surface area contributed by atoms with Crippen LogP contribution in [0.1, 0.15) is 27.2 Å². The number of hydrogen-bond acceptors (Lipinski definition) is 3. The molecule has 0 bridgehead atoms. The quantitative estimate of drug-likeness (QED) is 0.690. The van der Waals surface area contributed by atoms with Crippen molar-refractivity contribution in [1.29, 1.82) is 0 Å². The van der Waals surface area contributed by atoms with Crippen LogP contribution < -0.4 is 5.32 Å². The van der Waals surface area contributed by atoms with E-state index in [2.05, 4.69) is 37.8 Å². The Kier molecular flexibility index (Phi) is 5.14. The van der Waals surface area contributed by atoms with Gasteiger partial charge < -0.3 is 10.1 Å². The average molecular weight is 203 g/mol. The number of ether oxygens (including phenoxy) is 1. The van der Waals surface area contributed by atoms with Crippen LogP contribution in [0.2, 0.25) is 0 Å². The zero-order valence-electron chi connectivity index (χ0n) is 8.88. The maximum Gasteiger partial charge on any atom is 0.0594 e. The first kappa shape index (κ1) is 11.3. The van der Waals surface area contributed by atoms with E-state index in [4.69, 9.17) is 4.74 Å². The van der Waals surface area contributed by atoms with Crippen LogP contribution in [0.3, 0.4) is 0 Å². The summed E-state index contributed by atoms with van der Waals surface area (Å²) in [5, 5.41) is 4.36. The molecule has 1 fully saturated rings. The Hall–Kier alpha value is 0.270. The zero-order valence-corrected chi connectivity index (χ0v) is 9.69. The van der Waals surface area contributed by atoms with Gasteiger partial charge in [-0.3, -0.25) is 0 Å². The first-order valence-electron chi connectivity index (χ1n) is 5.15. The Morgan fingerprint density at radius 3 is 2.85 bits per heavy atom. The molecule has 2 nitrogen and oxygen atoms in total. The summed E-state index contributed by atoms with van der Waals surface area (Å²) in [6.07, 6.45) is 1.67. The van der Waals surface area contributed by atoms with Gasteiger partial charge in [0.25, 0.3) is 0 Å². The van der Waals surface area contributed by atoms with Gasteiger partial charge in [0.2, 0.25) is 0 Å². The van der Waals surface area contributed by atoms with Gasteiger partial charge in [-0.1, -0.05) is 6.92 Å². The van der Waals surface area contributed by atoms with Gasteiger partial charge in [0, 0.05) is 23.6 Å². The van der Waals surface area contributed by atoms with E-state index < -0.39 is 0 Å². The molecule has 1 rings (SSSR count). The Balaban J connectivity index is 1.94. The van der Waals surface area contributed by atoms with Gasteiger partial charge in [-0.05, 0) is 20.3 Å². The highest BCUT2D eigenvalue weighted by Gasteiger charge is 2.20. The third-order valence-electron chi connectivity index (χ3n) is 2.18. The van der Waals surface area contributed by atoms with Gasteiger partial charge in [-0.25, -0.2) is 0 Å². The molecule has 3 heteroatoms. The number of nitrogens with one attached hydrogen (secondary N) is 1. The van der Waals surface area contributed by atoms with E-state index >= 15 is 0 Å². The zero-order chi connectivity index (χ0) is 9.68. The summed E-state index contributed by atoms with van der Waals surface area (Å²) in [6.45, 7) is 8.29. The molecule has 0 amide bonds. The highest BCUT2D eigenvalue weighted by atomic mass is 32.2. The minimum Gasteiger partial charge on any atom is -0.377 e. The molecule has 13 heavy (non-hydrogen) atoms. The molecule has 2 atom stereocenters. The standard InChI is InChI=1S/C10H21NOS/c1-8(2)12-5-4-11-10-6-9(3)13-7-10/h8-11H,4-7H2,1-3H3. The Morgan fingerprint density at radius 2 is 2.31 bits per heavy atom. The van der Waals surface area contributed by atoms with Gasteiger partial charge >= 0.3 is 0 Å². The monoisotopic (exact) mass is 203 g/mol. The molecule has 1 aliphatic heterocycles. The molecule has 0 spiro atoms. The van der Waals surface area contributed by atoms with Crippen LogP contribution in [0.5, 0.6) is 0 Å². The minimum atomic E-state index is 0.360. The van der Waals surface area contributed by atoms with E-state index in [1.165, 1.54) is 12.2 Å². The molecular formula is C10H21NOS. The summed E-state index contributed by atoms with van der Waals surface area (Å²) in [6, 6.07) is 0.718. The first-order valence-corrected chi connectivity index (χ1v) is 6.20. The van der Waals surface area contributed by atoms with Crippen LogP contribution in [0.4, 0.5) is 0 Å². The summed E-state index contributed by atoms with van der Waals surface area (Å²) < 4.78 is 5.46. The second kappa shape index (κ2) is 5.89. The van der Waals surface area contributed by atoms with Crippen molar-refractivity contribution in [3.05, 3.63) is 0 Å². The Labute approximate surface area is 85.8 Å². The summed E-state index contributed by atoms with van der Waals surface area (Å²) in [4.78, 5) is 0. The summed E-state index contributed by atoms with van der Waals surface area (Å²) in [5.74, 6) is 1.27. The van der Waals surface area contributed by atoms with Crippen molar-refractivity contribution in [1.82, 2.24) is 5.32 Å². The van der Waals surface area contributed by atoms with E-state index in [0.29, 0.717) is 6.10 Å². The predicted octanol–water partition coefficient (Wildman–Crippen LogP) is 1.89. The molecule has 1 N–H and O–H groups in total. The van der Waals surface area contributed by atoms with Crippen molar-refractivity contribution in [3.8, 4) is 0 Å². The van der Waals surface area contributed by atoms with E-state index in [-0.39, 0.29) is 0 Å². The summed E-state index contributed by atoms with van der Waals surface area (Å²) in [7, 11) is 0. The molecule has 0 saturated carbocycles. The highest BCUT2D eigenvalue weighted by Crippen LogP contribution is 2.25. The molecular weight excluding hydrogens is 182 g/mol. The normalized spacial score (nSPS) is 28.6. The topological polar surface area (TPSA) is 21.3 Å². The van der Waals surface area contributed by atoms with Gasteiger partial charge in [0.15, 0.2) is 0 Å². The second-order valence-corrected chi connectivity index (χ2v) is 5.42. The number of hydrogen-bond donors (Lipinski definition) is 1. The largest absolute Gasteiger partial charge is 0.377 e. The summed E-state index contributed by atoms with van der Waals surface area (Å²) in [5.41, 5.74) is 0. The Morgan fingerprint density at radius 1 is 1.54 bits per heavy atom. The fourth-order valence-electron chi connectivity index (χ4n) is 1.52. The average Bonchev–Trinajstić information content (AvgIpc) is 2.45. The smallest absolute Gasteiger partial charge is 0.0594 e. The van der Waals surface area contributed by atoms with E-state index in [0.717, 1.165) is 24.4 Å². The van der Waals surface area contributed by atoms with Crippen molar-refractivity contribution in [2.24, 2.45) is 0 Å². The van der Waals surface area contributed by atoms with Crippen molar-refractivity contribution < 1.29 is 4.74 Å². The first-order chi connectivity index (χ1) is 6.18. The maximum atomic E-state index is 5.46. The van der Waals surface area contributed by atoms with E-state index in [1.807, 2.05) is 0 Å². The molecule has 0 aliphatic carbocycles. The van der Waals surface area contributed by atoms with Crippen molar-refractivity contribution in [2.75, 3.05) is 18.9 Å². The molecule has 1 aliphatic rings. The van der Waals surface area contributed by atoms with Crippen LogP contribution in [-0.2, 0) is 4.74 Å². The Bertz CT molecular complexity index is 141. The van der Waals surface area contributed by atoms with Gasteiger partial charge in [-0.2, -0.15) is 11.8 Å². The molecule has 0 radical (unpaired) electrons. The lowest BCUT2D eigenvalue weighted by Gasteiger charge is -2.12. The number of thioether (sulfide) groups is 1. The van der Waals surface area contributed by atoms with Gasteiger partial charge in [0.05, 0.1) is 12.7 Å². The van der Waals surface area contributed by atoms with Crippen molar-refractivity contribution in [2.45, 2.75) is 44.6 Å². The van der Waals surface area contributed by atoms with E-state index in [1.54, 1.807) is 0 Å². The molecule has 1 heterocycles. The fraction of sp³-hybridized carbons (Fsp3) is 1.00. The van der Waals surface area contributed by atoms with Crippen molar-refractivity contribution in [3.63, 3.8) is 0 Å². The molecule has 0 aromatic rings. The lowest BCUT2D eigenvalue weighted by molar-refractivity contribution is 0.0797. The van der Waals surface area contributed by atoms with Crippen LogP contribution in [0, 0.1) is 0 Å². The minimum absolute atomic E-state index is 0.360. The fourth-order valence-corrected chi connectivity index (χ4v) is 2.70. The van der Waals surface area contributed by atoms with Crippen LogP contribution >= 0.6 is 11.8 Å². The van der Waals surface area contributed by atoms with Gasteiger partial charge in [-0.15, -0.1) is 0 Å². The molecule has 0 aromatic carbocycles. The van der Waals surface area contributed by atoms with Crippen molar-refractivity contribution >= 4 is 11.8 Å². The lowest BCUT2D eigenvalue weighted by Crippen LogP contribution is -2.32. The third-order valence-corrected chi connectivity index (χ3v) is 3.54. The van der Waals surface area contributed by atoms with Crippen LogP contribution in [0.15, 0.2) is 0 Å². The molecule has 0 aromatic heterocycles. The van der Waals surface area contributed by atoms with Gasteiger partial charge in [0.1, 0.15) is 0 Å². The maximum absolute atomic E-state index is 5.46. The van der Waals surface area contributed by atoms with Crippen LogP contribution in [0.25, 0.3) is 0 Å². The van der Waals surface area contributed by atoms with Crippen LogP contribution in [-0.4, -0.2) is 36.3 Å². The summed E-state index contributed by atoms with van der Waals surface area (Å²) >= 11 is 2.07. The second-order valence-electron chi connectivity index (χ2n) is 3.95. The molecule has 2 unspecified atom stereocenters. The molecule has 1 saturated heterocycles. The number of rotatable bonds is 5. The SMILES string of the molecule is CC(C)OCCNC1CSC(C)C1. The lowest BCUT2D eigenvalue weighted by atomic mass is 10.2. The third kappa shape index (κ3) is 4.89. The molecule has 78 valence electrons. The highest BCUT2D eigenvalue weighted by molar-refractivity contribution is 8.00.